The van der Waals surface area contributed by atoms with Crippen molar-refractivity contribution in [3.05, 3.63) is 87.2 Å². The number of nitrogens with one attached hydrogen (secondary N) is 1. The van der Waals surface area contributed by atoms with Gasteiger partial charge >= 0.3 is 5.63 Å². The third kappa shape index (κ3) is 4.98. The van der Waals surface area contributed by atoms with Crippen molar-refractivity contribution in [3.8, 4) is 5.75 Å². The molecule has 6 nitrogen and oxygen atoms in total. The number of aromatic hydroxyl groups is 1. The van der Waals surface area contributed by atoms with E-state index in [4.69, 9.17) is 4.42 Å². The molecule has 3 aromatic rings. The van der Waals surface area contributed by atoms with Gasteiger partial charge in [-0.15, -0.1) is 0 Å². The third-order valence-corrected chi connectivity index (χ3v) is 8.34. The summed E-state index contributed by atoms with van der Waals surface area (Å²) in [5, 5.41) is 11.2. The van der Waals surface area contributed by atoms with Gasteiger partial charge in [0.1, 0.15) is 17.3 Å². The highest BCUT2D eigenvalue weighted by Crippen LogP contribution is 2.48. The van der Waals surface area contributed by atoms with Crippen LogP contribution in [-0.4, -0.2) is 13.5 Å². The Kier molecular flexibility index (Phi) is 6.40. The molecular weight excluding hydrogens is 469 g/mol. The summed E-state index contributed by atoms with van der Waals surface area (Å²) in [5.74, 6) is 0.0644. The lowest BCUT2D eigenvalue weighted by atomic mass is 9.85. The lowest BCUT2D eigenvalue weighted by molar-refractivity contribution is 0.382. The number of sulfonamides is 1. The first-order valence-electron chi connectivity index (χ1n) is 12.1. The molecule has 0 saturated heterocycles. The normalized spacial score (nSPS) is 17.2. The van der Waals surface area contributed by atoms with E-state index in [0.717, 1.165) is 61.8 Å². The van der Waals surface area contributed by atoms with Gasteiger partial charge in [-0.2, -0.15) is 0 Å². The number of hydrogen-bond acceptors (Lipinski definition) is 5. The van der Waals surface area contributed by atoms with Crippen molar-refractivity contribution in [1.29, 1.82) is 0 Å². The van der Waals surface area contributed by atoms with Crippen molar-refractivity contribution in [2.75, 3.05) is 4.72 Å². The van der Waals surface area contributed by atoms with Crippen LogP contribution in [0.25, 0.3) is 0 Å². The monoisotopic (exact) mass is 497 g/mol. The van der Waals surface area contributed by atoms with Crippen LogP contribution < -0.4 is 10.3 Å². The van der Waals surface area contributed by atoms with Crippen molar-refractivity contribution in [3.63, 3.8) is 0 Å². The maximum absolute atomic E-state index is 13.2. The van der Waals surface area contributed by atoms with Gasteiger partial charge in [-0.1, -0.05) is 25.0 Å². The van der Waals surface area contributed by atoms with Crippen LogP contribution in [-0.2, 0) is 22.9 Å². The molecule has 0 bridgehead atoms. The van der Waals surface area contributed by atoms with Crippen LogP contribution in [0.15, 0.2) is 62.6 Å². The molecular formula is C27H28FNO5S. The van der Waals surface area contributed by atoms with E-state index in [1.807, 2.05) is 0 Å². The van der Waals surface area contributed by atoms with E-state index in [0.29, 0.717) is 29.9 Å². The van der Waals surface area contributed by atoms with Crippen LogP contribution in [0, 0.1) is 11.7 Å². The molecule has 1 unspecified atom stereocenters. The zero-order valence-corrected chi connectivity index (χ0v) is 20.1. The summed E-state index contributed by atoms with van der Waals surface area (Å²) in [4.78, 5) is 13.0. The zero-order chi connectivity index (χ0) is 24.6. The summed E-state index contributed by atoms with van der Waals surface area (Å²) >= 11 is 0. The second-order valence-electron chi connectivity index (χ2n) is 9.46. The highest BCUT2D eigenvalue weighted by atomic mass is 32.2. The Morgan fingerprint density at radius 3 is 2.26 bits per heavy atom. The zero-order valence-electron chi connectivity index (χ0n) is 19.3. The Hall–Kier alpha value is -3.13. The van der Waals surface area contributed by atoms with Gasteiger partial charge in [-0.25, -0.2) is 17.6 Å². The average molecular weight is 498 g/mol. The minimum Gasteiger partial charge on any atom is -0.507 e. The van der Waals surface area contributed by atoms with Crippen molar-refractivity contribution < 1.29 is 22.3 Å². The van der Waals surface area contributed by atoms with Gasteiger partial charge in [0.15, 0.2) is 0 Å². The highest BCUT2D eigenvalue weighted by molar-refractivity contribution is 7.92. The third-order valence-electron chi connectivity index (χ3n) is 6.94. The number of hydrogen-bond donors (Lipinski definition) is 2. The minimum atomic E-state index is -3.87. The molecule has 1 heterocycles. The molecule has 1 atom stereocenters. The maximum atomic E-state index is 13.2. The Labute approximate surface area is 203 Å². The fourth-order valence-corrected chi connectivity index (χ4v) is 6.04. The molecule has 0 spiro atoms. The molecule has 184 valence electrons. The van der Waals surface area contributed by atoms with Gasteiger partial charge in [0.2, 0.25) is 0 Å². The second-order valence-corrected chi connectivity index (χ2v) is 11.1. The molecule has 2 aromatic carbocycles. The first kappa shape index (κ1) is 23.6. The molecule has 8 heteroatoms. The van der Waals surface area contributed by atoms with Crippen LogP contribution in [0.1, 0.15) is 66.9 Å². The van der Waals surface area contributed by atoms with Crippen molar-refractivity contribution >= 4 is 15.7 Å². The Bertz CT molecular complexity index is 1380. The van der Waals surface area contributed by atoms with Crippen LogP contribution in [0.4, 0.5) is 10.1 Å². The Morgan fingerprint density at radius 1 is 0.943 bits per heavy atom. The molecule has 0 aliphatic heterocycles. The summed E-state index contributed by atoms with van der Waals surface area (Å²) < 4.78 is 46.7. The predicted octanol–water partition coefficient (Wildman–Crippen LogP) is 5.49. The van der Waals surface area contributed by atoms with E-state index in [9.17, 15) is 22.7 Å². The summed E-state index contributed by atoms with van der Waals surface area (Å²) in [6, 6.07) is 11.4. The second kappa shape index (κ2) is 9.49. The highest BCUT2D eigenvalue weighted by Gasteiger charge is 2.38. The summed E-state index contributed by atoms with van der Waals surface area (Å²) in [7, 11) is -3.87. The van der Waals surface area contributed by atoms with Crippen LogP contribution in [0.2, 0.25) is 0 Å². The van der Waals surface area contributed by atoms with Crippen molar-refractivity contribution in [2.45, 2.75) is 62.2 Å². The Balaban J connectivity index is 1.45. The number of fused-ring (bicyclic) bond motifs is 1. The first-order chi connectivity index (χ1) is 16.8. The van der Waals surface area contributed by atoms with E-state index < -0.39 is 21.5 Å². The minimum absolute atomic E-state index is 0.0397. The van der Waals surface area contributed by atoms with Gasteiger partial charge in [0, 0.05) is 23.6 Å². The first-order valence-corrected chi connectivity index (χ1v) is 13.6. The number of aryl methyl sites for hydroxylation is 1. The molecule has 35 heavy (non-hydrogen) atoms. The fourth-order valence-electron chi connectivity index (χ4n) is 4.99. The SMILES string of the molecule is O=c1oc2c(c(O)c1C(c1ccc(NS(=O)(=O)c3ccc(F)cc3)cc1)C1CC1)CCCCCC2. The van der Waals surface area contributed by atoms with E-state index in [-0.39, 0.29) is 22.5 Å². The fraction of sp³-hybridized carbons (Fsp3) is 0.370. The standard InChI is InChI=1S/C27H28FNO5S/c28-19-11-15-21(16-12-19)35(32,33)29-20-13-9-18(10-14-20)24(17-7-8-17)25-26(30)22-5-3-1-2-4-6-23(22)34-27(25)31/h9-17,24,29-30H,1-8H2. The summed E-state index contributed by atoms with van der Waals surface area (Å²) in [5.41, 5.74) is 1.76. The molecule has 1 aromatic heterocycles. The van der Waals surface area contributed by atoms with Crippen molar-refractivity contribution in [2.24, 2.45) is 5.92 Å². The molecule has 1 saturated carbocycles. The largest absolute Gasteiger partial charge is 0.507 e. The number of halogens is 1. The lowest BCUT2D eigenvalue weighted by Crippen LogP contribution is -2.19. The lowest BCUT2D eigenvalue weighted by Gasteiger charge is -2.21. The summed E-state index contributed by atoms with van der Waals surface area (Å²) in [6.07, 6.45) is 7.32. The van der Waals surface area contributed by atoms with Gasteiger partial charge in [-0.3, -0.25) is 4.72 Å². The van der Waals surface area contributed by atoms with Gasteiger partial charge in [0.05, 0.1) is 10.5 Å². The van der Waals surface area contributed by atoms with Crippen LogP contribution in [0.5, 0.6) is 5.75 Å². The van der Waals surface area contributed by atoms with Crippen LogP contribution in [0.3, 0.4) is 0 Å². The molecule has 1 fully saturated rings. The van der Waals surface area contributed by atoms with Gasteiger partial charge < -0.3 is 9.52 Å². The average Bonchev–Trinajstić information content (AvgIpc) is 3.64. The van der Waals surface area contributed by atoms with Gasteiger partial charge in [0.25, 0.3) is 10.0 Å². The number of benzene rings is 2. The summed E-state index contributed by atoms with van der Waals surface area (Å²) in [6.45, 7) is 0. The van der Waals surface area contributed by atoms with E-state index in [2.05, 4.69) is 4.72 Å². The molecule has 2 N–H and O–H groups in total. The predicted molar refractivity (Wildman–Crippen MR) is 131 cm³/mol. The van der Waals surface area contributed by atoms with E-state index >= 15 is 0 Å². The maximum Gasteiger partial charge on any atom is 0.343 e. The molecule has 0 radical (unpaired) electrons. The molecule has 5 rings (SSSR count). The molecule has 2 aliphatic rings. The number of rotatable bonds is 6. The quantitative estimate of drug-likeness (QED) is 0.470. The van der Waals surface area contributed by atoms with Gasteiger partial charge in [-0.05, 0) is 80.0 Å². The number of anilines is 1. The van der Waals surface area contributed by atoms with E-state index in [1.54, 1.807) is 24.3 Å². The smallest absolute Gasteiger partial charge is 0.343 e. The Morgan fingerprint density at radius 2 is 1.60 bits per heavy atom. The van der Waals surface area contributed by atoms with Crippen LogP contribution >= 0.6 is 0 Å². The molecule has 0 amide bonds. The van der Waals surface area contributed by atoms with Crippen molar-refractivity contribution in [1.82, 2.24) is 0 Å². The molecule has 2 aliphatic carbocycles. The van der Waals surface area contributed by atoms with E-state index in [1.165, 1.54) is 12.1 Å². The topological polar surface area (TPSA) is 96.6 Å².